The first-order valence-electron chi connectivity index (χ1n) is 9.32. The van der Waals surface area contributed by atoms with E-state index in [-0.39, 0.29) is 35.7 Å². The minimum Gasteiger partial charge on any atom is -0.593 e. The van der Waals surface area contributed by atoms with Crippen LogP contribution < -0.4 is 0 Å². The van der Waals surface area contributed by atoms with E-state index in [2.05, 4.69) is 5.10 Å². The molecule has 3 N–H and O–H groups in total. The molecule has 1 aromatic heterocycles. The number of halogens is 1. The third-order valence-electron chi connectivity index (χ3n) is 5.25. The van der Waals surface area contributed by atoms with Gasteiger partial charge in [-0.1, -0.05) is 0 Å². The van der Waals surface area contributed by atoms with Gasteiger partial charge >= 0.3 is 5.97 Å². The van der Waals surface area contributed by atoms with Crippen LogP contribution in [0.5, 0.6) is 5.75 Å². The predicted octanol–water partition coefficient (Wildman–Crippen LogP) is 1.77. The van der Waals surface area contributed by atoms with Gasteiger partial charge in [0.2, 0.25) is 10.0 Å². The summed E-state index contributed by atoms with van der Waals surface area (Å²) in [5, 5.41) is 31.1. The molecule has 4 rings (SSSR count). The van der Waals surface area contributed by atoms with E-state index >= 15 is 0 Å². The molecule has 2 atom stereocenters. The molecular formula is C20H18FN4O5S+. The van der Waals surface area contributed by atoms with Crippen LogP contribution in [0.1, 0.15) is 18.2 Å². The summed E-state index contributed by atoms with van der Waals surface area (Å²) in [5.74, 6) is -1.48. The van der Waals surface area contributed by atoms with Crippen molar-refractivity contribution in [2.75, 3.05) is 6.54 Å². The number of hydrogen-bond donors (Lipinski definition) is 1. The van der Waals surface area contributed by atoms with E-state index in [1.54, 1.807) is 0 Å². The lowest BCUT2D eigenvalue weighted by Gasteiger charge is -2.19. The first-order valence-corrected chi connectivity index (χ1v) is 10.8. The van der Waals surface area contributed by atoms with E-state index in [1.165, 1.54) is 47.1 Å². The first kappa shape index (κ1) is 20.8. The smallest absolute Gasteiger partial charge is 0.309 e. The molecule has 0 amide bonds. The molecule has 0 unspecified atom stereocenters. The Bertz CT molecular complexity index is 1310. The Morgan fingerprint density at radius 3 is 2.65 bits per heavy atom. The number of sulfonamides is 1. The number of aliphatic carboxylic acids is 1. The van der Waals surface area contributed by atoms with Gasteiger partial charge in [-0.15, -0.1) is 0 Å². The number of fused-ring (bicyclic) bond motifs is 1. The van der Waals surface area contributed by atoms with E-state index in [9.17, 15) is 22.9 Å². The molecule has 160 valence electrons. The number of benzene rings is 2. The summed E-state index contributed by atoms with van der Waals surface area (Å²) in [6.45, 7) is -0.0804. The number of aromatic nitrogens is 2. The number of carboxylic acid groups (broad SMARTS) is 1. The van der Waals surface area contributed by atoms with Crippen LogP contribution in [0.15, 0.2) is 47.4 Å². The highest BCUT2D eigenvalue weighted by Crippen LogP contribution is 2.35. The fourth-order valence-electron chi connectivity index (χ4n) is 3.84. The molecule has 3 aromatic rings. The highest BCUT2D eigenvalue weighted by atomic mass is 32.2. The summed E-state index contributed by atoms with van der Waals surface area (Å²) in [6, 6.07) is 9.64. The summed E-state index contributed by atoms with van der Waals surface area (Å²) in [5.41, 5.74) is 0.582. The summed E-state index contributed by atoms with van der Waals surface area (Å²) in [7, 11) is -4.01. The molecule has 1 saturated heterocycles. The molecule has 1 aliphatic heterocycles. The van der Waals surface area contributed by atoms with Crippen LogP contribution in [-0.4, -0.2) is 51.3 Å². The zero-order chi connectivity index (χ0) is 22.3. The van der Waals surface area contributed by atoms with Crippen LogP contribution >= 0.6 is 0 Å². The number of hydrogen-bond acceptors (Lipinski definition) is 5. The maximum absolute atomic E-state index is 13.9. The fourth-order valence-corrected chi connectivity index (χ4v) is 5.42. The second-order valence-corrected chi connectivity index (χ2v) is 9.15. The van der Waals surface area contributed by atoms with Gasteiger partial charge in [-0.05, 0) is 30.3 Å². The van der Waals surface area contributed by atoms with E-state index in [0.717, 1.165) is 4.31 Å². The Labute approximate surface area is 176 Å². The molecule has 0 saturated carbocycles. The van der Waals surface area contributed by atoms with E-state index in [4.69, 9.17) is 10.2 Å². The molecule has 2 heterocycles. The zero-order valence-corrected chi connectivity index (χ0v) is 16.9. The van der Waals surface area contributed by atoms with E-state index in [1.807, 2.05) is 6.07 Å². The van der Waals surface area contributed by atoms with Gasteiger partial charge in [0, 0.05) is 30.5 Å². The van der Waals surface area contributed by atoms with Gasteiger partial charge in [-0.25, -0.2) is 12.8 Å². The number of nitriles is 1. The quantitative estimate of drug-likeness (QED) is 0.594. The van der Waals surface area contributed by atoms with Gasteiger partial charge < -0.3 is 10.2 Å². The Morgan fingerprint density at radius 2 is 2.00 bits per heavy atom. The van der Waals surface area contributed by atoms with Crippen molar-refractivity contribution < 1.29 is 27.8 Å². The SMILES string of the molecule is N#C[C@@H]1C[C@@H](n2nc(CC(=O)O)c3ccc(F)cc32)CN1S(=O)(=O)c1ccc([OH2+])cc1. The standard InChI is InChI=1S/C20H17FN4O5S/c21-12-1-6-17-18(9-20(27)28)23-25(19(17)7-12)14-8-13(10-22)24(11-14)31(29,30)16-4-2-15(26)3-5-16/h1-7,13-14,26H,8-9,11H2,(H,27,28)/p+1/t13-,14+/m0/s1. The molecule has 31 heavy (non-hydrogen) atoms. The maximum Gasteiger partial charge on any atom is 0.309 e. The molecule has 0 bridgehead atoms. The van der Waals surface area contributed by atoms with Crippen molar-refractivity contribution in [2.45, 2.75) is 29.8 Å². The molecule has 9 nitrogen and oxygen atoms in total. The zero-order valence-electron chi connectivity index (χ0n) is 16.1. The highest BCUT2D eigenvalue weighted by Gasteiger charge is 2.42. The third kappa shape index (κ3) is 3.71. The lowest BCUT2D eigenvalue weighted by Crippen LogP contribution is -2.35. The Kier molecular flexibility index (Phi) is 5.12. The van der Waals surface area contributed by atoms with Crippen molar-refractivity contribution in [1.29, 1.82) is 5.26 Å². The van der Waals surface area contributed by atoms with Gasteiger partial charge in [0.15, 0.2) is 0 Å². The van der Waals surface area contributed by atoms with Crippen LogP contribution in [-0.2, 0) is 21.2 Å². The topological polar surface area (TPSA) is 139 Å². The Hall–Kier alpha value is -3.49. The highest BCUT2D eigenvalue weighted by molar-refractivity contribution is 7.89. The third-order valence-corrected chi connectivity index (χ3v) is 7.14. The molecule has 0 spiro atoms. The van der Waals surface area contributed by atoms with Gasteiger partial charge in [-0.3, -0.25) is 9.48 Å². The van der Waals surface area contributed by atoms with E-state index < -0.39 is 33.9 Å². The van der Waals surface area contributed by atoms with Crippen LogP contribution in [0.3, 0.4) is 0 Å². The van der Waals surface area contributed by atoms with Gasteiger partial charge in [-0.2, -0.15) is 14.7 Å². The molecule has 0 aliphatic carbocycles. The predicted molar refractivity (Wildman–Crippen MR) is 107 cm³/mol. The molecule has 0 radical (unpaired) electrons. The van der Waals surface area contributed by atoms with Crippen molar-refractivity contribution in [3.63, 3.8) is 0 Å². The van der Waals surface area contributed by atoms with Crippen molar-refractivity contribution in [1.82, 2.24) is 14.1 Å². The van der Waals surface area contributed by atoms with Crippen LogP contribution in [0, 0.1) is 17.1 Å². The molecular weight excluding hydrogens is 427 g/mol. The lowest BCUT2D eigenvalue weighted by molar-refractivity contribution is -0.136. The van der Waals surface area contributed by atoms with Crippen molar-refractivity contribution in [2.24, 2.45) is 0 Å². The van der Waals surface area contributed by atoms with Crippen molar-refractivity contribution in [3.8, 4) is 11.8 Å². The number of carbonyl (C=O) groups is 1. The van der Waals surface area contributed by atoms with Gasteiger partial charge in [0.25, 0.3) is 5.75 Å². The van der Waals surface area contributed by atoms with Gasteiger partial charge in [0.1, 0.15) is 11.9 Å². The molecule has 11 heteroatoms. The van der Waals surface area contributed by atoms with Crippen LogP contribution in [0.25, 0.3) is 10.9 Å². The number of carboxylic acids is 1. The summed E-state index contributed by atoms with van der Waals surface area (Å²) >= 11 is 0. The molecule has 1 aliphatic rings. The maximum atomic E-state index is 13.9. The average Bonchev–Trinajstić information content (AvgIpc) is 3.30. The Balaban J connectivity index is 1.75. The monoisotopic (exact) mass is 445 g/mol. The van der Waals surface area contributed by atoms with E-state index in [0.29, 0.717) is 10.9 Å². The minimum atomic E-state index is -4.01. The van der Waals surface area contributed by atoms with Gasteiger partial charge in [0.05, 0.1) is 34.6 Å². The Morgan fingerprint density at radius 1 is 1.29 bits per heavy atom. The summed E-state index contributed by atoms with van der Waals surface area (Å²) < 4.78 is 42.6. The number of rotatable bonds is 5. The second kappa shape index (κ2) is 7.64. The largest absolute Gasteiger partial charge is 0.593 e. The van der Waals surface area contributed by atoms with Crippen molar-refractivity contribution >= 4 is 26.9 Å². The lowest BCUT2D eigenvalue weighted by atomic mass is 10.1. The van der Waals surface area contributed by atoms with Crippen molar-refractivity contribution in [3.05, 3.63) is 54.0 Å². The fraction of sp³-hybridized carbons (Fsp3) is 0.250. The molecule has 2 aromatic carbocycles. The summed E-state index contributed by atoms with van der Waals surface area (Å²) in [6.07, 6.45) is -0.253. The van der Waals surface area contributed by atoms with Crippen LogP contribution in [0.2, 0.25) is 0 Å². The second-order valence-electron chi connectivity index (χ2n) is 7.26. The minimum absolute atomic E-state index is 0.0349. The normalized spacial score (nSPS) is 19.5. The molecule has 1 fully saturated rings. The van der Waals surface area contributed by atoms with Crippen LogP contribution in [0.4, 0.5) is 4.39 Å². The summed E-state index contributed by atoms with van der Waals surface area (Å²) in [4.78, 5) is 11.2. The number of nitrogens with zero attached hydrogens (tertiary/aromatic N) is 4. The average molecular weight is 445 g/mol. The first-order chi connectivity index (χ1) is 14.7.